The van der Waals surface area contributed by atoms with E-state index in [2.05, 4.69) is 51.0 Å². The Morgan fingerprint density at radius 2 is 2.10 bits per heavy atom. The normalized spacial score (nSPS) is 10.6. The summed E-state index contributed by atoms with van der Waals surface area (Å²) in [5, 5.41) is 4.51. The highest BCUT2D eigenvalue weighted by Crippen LogP contribution is 2.27. The number of nitrogens with one attached hydrogen (secondary N) is 1. The average Bonchev–Trinajstić information content (AvgIpc) is 3.23. The second-order valence-electron chi connectivity index (χ2n) is 6.78. The molecule has 0 unspecified atom stereocenters. The van der Waals surface area contributed by atoms with Crippen LogP contribution in [0.15, 0.2) is 61.2 Å². The number of hydrogen-bond acceptors (Lipinski definition) is 3. The zero-order chi connectivity index (χ0) is 20.6. The topological polar surface area (TPSA) is 42.3 Å². The number of methoxy groups -OCH3 is 1. The van der Waals surface area contributed by atoms with E-state index in [-0.39, 0.29) is 0 Å². The van der Waals surface area contributed by atoms with Gasteiger partial charge in [-0.05, 0) is 48.8 Å². The average molecular weight is 429 g/mol. The van der Waals surface area contributed by atoms with Gasteiger partial charge in [0.1, 0.15) is 5.75 Å². The van der Waals surface area contributed by atoms with Crippen molar-refractivity contribution >= 4 is 34.6 Å². The minimum absolute atomic E-state index is 0.570. The summed E-state index contributed by atoms with van der Waals surface area (Å²) < 4.78 is 7.29. The van der Waals surface area contributed by atoms with Crippen LogP contribution in [0.3, 0.4) is 0 Å². The van der Waals surface area contributed by atoms with E-state index >= 15 is 0 Å². The molecule has 0 aliphatic heterocycles. The van der Waals surface area contributed by atoms with E-state index in [1.54, 1.807) is 19.4 Å². The van der Waals surface area contributed by atoms with Crippen LogP contribution in [0.5, 0.6) is 5.75 Å². The summed E-state index contributed by atoms with van der Waals surface area (Å²) in [4.78, 5) is 6.28. The van der Waals surface area contributed by atoms with Crippen LogP contribution in [0.2, 0.25) is 5.02 Å². The van der Waals surface area contributed by atoms with Gasteiger partial charge in [0.15, 0.2) is 5.11 Å². The molecule has 0 radical (unpaired) electrons. The molecule has 0 amide bonds. The molecule has 0 aliphatic rings. The summed E-state index contributed by atoms with van der Waals surface area (Å²) in [6, 6.07) is 13.9. The zero-order valence-corrected chi connectivity index (χ0v) is 18.2. The van der Waals surface area contributed by atoms with Gasteiger partial charge in [0.2, 0.25) is 0 Å². The molecule has 0 spiro atoms. The second-order valence-corrected chi connectivity index (χ2v) is 7.57. The van der Waals surface area contributed by atoms with Crippen LogP contribution in [0, 0.1) is 6.92 Å². The lowest BCUT2D eigenvalue weighted by molar-refractivity contribution is 0.395. The number of aryl methyl sites for hydroxylation is 2. The minimum atomic E-state index is 0.570. The number of anilines is 1. The van der Waals surface area contributed by atoms with Gasteiger partial charge in [-0.3, -0.25) is 0 Å². The zero-order valence-electron chi connectivity index (χ0n) is 16.6. The quantitative estimate of drug-likeness (QED) is 0.503. The Morgan fingerprint density at radius 3 is 2.79 bits per heavy atom. The predicted octanol–water partition coefficient (Wildman–Crippen LogP) is 5.14. The van der Waals surface area contributed by atoms with Crippen molar-refractivity contribution in [3.05, 3.63) is 77.3 Å². The molecule has 5 nitrogen and oxygen atoms in total. The number of thiocarbonyl (C=S) groups is 1. The van der Waals surface area contributed by atoms with E-state index in [4.69, 9.17) is 28.6 Å². The Balaban J connectivity index is 1.71. The van der Waals surface area contributed by atoms with Crippen molar-refractivity contribution in [1.29, 1.82) is 0 Å². The maximum Gasteiger partial charge on any atom is 0.173 e. The van der Waals surface area contributed by atoms with Crippen LogP contribution in [-0.2, 0) is 13.1 Å². The van der Waals surface area contributed by atoms with Gasteiger partial charge >= 0.3 is 0 Å². The molecule has 1 N–H and O–H groups in total. The highest BCUT2D eigenvalue weighted by Gasteiger charge is 2.13. The highest BCUT2D eigenvalue weighted by molar-refractivity contribution is 7.80. The molecule has 1 aromatic heterocycles. The van der Waals surface area contributed by atoms with Crippen molar-refractivity contribution in [3.8, 4) is 5.75 Å². The van der Waals surface area contributed by atoms with Crippen molar-refractivity contribution in [2.24, 2.45) is 0 Å². The largest absolute Gasteiger partial charge is 0.497 e. The summed E-state index contributed by atoms with van der Waals surface area (Å²) >= 11 is 12.1. The SMILES string of the molecule is COc1ccc(NC(=S)N(CCCn2ccnc2)Cc2ccccc2C)c(Cl)c1. The van der Waals surface area contributed by atoms with E-state index in [9.17, 15) is 0 Å². The fraction of sp³-hybridized carbons (Fsp3) is 0.273. The summed E-state index contributed by atoms with van der Waals surface area (Å²) in [5.74, 6) is 0.712. The van der Waals surface area contributed by atoms with Gasteiger partial charge in [-0.1, -0.05) is 35.9 Å². The van der Waals surface area contributed by atoms with Crippen LogP contribution in [-0.4, -0.2) is 33.2 Å². The number of rotatable bonds is 8. The van der Waals surface area contributed by atoms with E-state index in [0.29, 0.717) is 15.9 Å². The number of nitrogens with zero attached hydrogens (tertiary/aromatic N) is 3. The van der Waals surface area contributed by atoms with Gasteiger partial charge in [-0.25, -0.2) is 4.98 Å². The molecular weight excluding hydrogens is 404 g/mol. The minimum Gasteiger partial charge on any atom is -0.497 e. The Bertz CT molecular complexity index is 946. The molecule has 0 fully saturated rings. The number of hydrogen-bond donors (Lipinski definition) is 1. The molecular formula is C22H25ClN4OS. The monoisotopic (exact) mass is 428 g/mol. The second kappa shape index (κ2) is 10.3. The van der Waals surface area contributed by atoms with Crippen molar-refractivity contribution < 1.29 is 4.74 Å². The summed E-state index contributed by atoms with van der Waals surface area (Å²) in [5.41, 5.74) is 3.26. The first-order valence-electron chi connectivity index (χ1n) is 9.46. The molecule has 1 heterocycles. The van der Waals surface area contributed by atoms with E-state index in [0.717, 1.165) is 31.7 Å². The molecule has 7 heteroatoms. The first-order valence-corrected chi connectivity index (χ1v) is 10.2. The third kappa shape index (κ3) is 5.95. The third-order valence-electron chi connectivity index (χ3n) is 4.73. The van der Waals surface area contributed by atoms with Gasteiger partial charge in [-0.2, -0.15) is 0 Å². The smallest absolute Gasteiger partial charge is 0.173 e. The van der Waals surface area contributed by atoms with Gasteiger partial charge in [0.25, 0.3) is 0 Å². The van der Waals surface area contributed by atoms with Crippen LogP contribution < -0.4 is 10.1 Å². The molecule has 3 rings (SSSR count). The van der Waals surface area contributed by atoms with Crippen LogP contribution in [0.4, 0.5) is 5.69 Å². The van der Waals surface area contributed by atoms with Crippen molar-refractivity contribution in [3.63, 3.8) is 0 Å². The maximum absolute atomic E-state index is 6.38. The molecule has 152 valence electrons. The van der Waals surface area contributed by atoms with Crippen molar-refractivity contribution in [2.45, 2.75) is 26.4 Å². The Hall–Kier alpha value is -2.57. The number of benzene rings is 2. The molecule has 0 atom stereocenters. The third-order valence-corrected chi connectivity index (χ3v) is 5.40. The van der Waals surface area contributed by atoms with Gasteiger partial charge in [-0.15, -0.1) is 0 Å². The van der Waals surface area contributed by atoms with Crippen LogP contribution >= 0.6 is 23.8 Å². The van der Waals surface area contributed by atoms with E-state index in [1.165, 1.54) is 11.1 Å². The van der Waals surface area contributed by atoms with Crippen molar-refractivity contribution in [1.82, 2.24) is 14.5 Å². The summed E-state index contributed by atoms with van der Waals surface area (Å²) in [6.45, 7) is 4.55. The fourth-order valence-corrected chi connectivity index (χ4v) is 3.51. The number of ether oxygens (including phenoxy) is 1. The molecule has 0 saturated carbocycles. The standard InChI is InChI=1S/C22H25ClN4OS/c1-17-6-3-4-7-18(17)15-27(12-5-11-26-13-10-24-16-26)22(29)25-21-9-8-19(28-2)14-20(21)23/h3-4,6-10,13-14,16H,5,11-12,15H2,1-2H3,(H,25,29). The summed E-state index contributed by atoms with van der Waals surface area (Å²) in [6.07, 6.45) is 6.54. The van der Waals surface area contributed by atoms with Gasteiger partial charge < -0.3 is 19.5 Å². The molecule has 0 aliphatic carbocycles. The van der Waals surface area contributed by atoms with Gasteiger partial charge in [0, 0.05) is 38.1 Å². The lowest BCUT2D eigenvalue weighted by atomic mass is 10.1. The Labute approximate surface area is 182 Å². The summed E-state index contributed by atoms with van der Waals surface area (Å²) in [7, 11) is 1.62. The first-order chi connectivity index (χ1) is 14.1. The first kappa shape index (κ1) is 21.1. The number of halogens is 1. The lowest BCUT2D eigenvalue weighted by Gasteiger charge is -2.27. The molecule has 29 heavy (non-hydrogen) atoms. The fourth-order valence-electron chi connectivity index (χ4n) is 3.03. The van der Waals surface area contributed by atoms with Crippen LogP contribution in [0.1, 0.15) is 17.5 Å². The molecule has 2 aromatic carbocycles. The number of aromatic nitrogens is 2. The molecule has 3 aromatic rings. The molecule has 0 bridgehead atoms. The van der Waals surface area contributed by atoms with Crippen LogP contribution in [0.25, 0.3) is 0 Å². The lowest BCUT2D eigenvalue weighted by Crippen LogP contribution is -2.35. The number of imidazole rings is 1. The highest BCUT2D eigenvalue weighted by atomic mass is 35.5. The maximum atomic E-state index is 6.38. The Kier molecular flexibility index (Phi) is 7.49. The van der Waals surface area contributed by atoms with E-state index < -0.39 is 0 Å². The van der Waals surface area contributed by atoms with Gasteiger partial charge in [0.05, 0.1) is 24.1 Å². The van der Waals surface area contributed by atoms with E-state index in [1.807, 2.05) is 24.7 Å². The van der Waals surface area contributed by atoms with Crippen molar-refractivity contribution in [2.75, 3.05) is 19.0 Å². The predicted molar refractivity (Wildman–Crippen MR) is 123 cm³/mol. The molecule has 0 saturated heterocycles. The Morgan fingerprint density at radius 1 is 1.28 bits per heavy atom.